The van der Waals surface area contributed by atoms with Crippen molar-refractivity contribution >= 4 is 45.3 Å². The smallest absolute Gasteiger partial charge is 0.362 e. The van der Waals surface area contributed by atoms with Crippen molar-refractivity contribution in [3.05, 3.63) is 107 Å². The number of benzene rings is 4. The molecule has 2 aromatic heterocycles. The van der Waals surface area contributed by atoms with Gasteiger partial charge in [0.15, 0.2) is 5.69 Å². The number of aromatic nitrogens is 3. The number of halogens is 1. The molecule has 6 rings (SSSR count). The van der Waals surface area contributed by atoms with E-state index in [9.17, 15) is 9.90 Å². The zero-order valence-corrected chi connectivity index (χ0v) is 40.4. The topological polar surface area (TPSA) is 182 Å². The molecule has 0 aliphatic rings. The number of rotatable bonds is 30. The molecule has 68 heavy (non-hydrogen) atoms. The molecular weight excluding hydrogens is 894 g/mol. The third-order valence-electron chi connectivity index (χ3n) is 11.0. The van der Waals surface area contributed by atoms with Crippen LogP contribution in [0.1, 0.15) is 25.0 Å². The first-order valence-corrected chi connectivity index (χ1v) is 23.3. The highest BCUT2D eigenvalue weighted by molar-refractivity contribution is 6.17. The van der Waals surface area contributed by atoms with Gasteiger partial charge in [-0.1, -0.05) is 35.0 Å². The molecule has 0 saturated heterocycles. The van der Waals surface area contributed by atoms with E-state index >= 15 is 0 Å². The second-order valence-electron chi connectivity index (χ2n) is 15.7. The first-order chi connectivity index (χ1) is 33.2. The first kappa shape index (κ1) is 51.3. The summed E-state index contributed by atoms with van der Waals surface area (Å²) < 4.78 is 48.7. The van der Waals surface area contributed by atoms with Crippen LogP contribution in [0.4, 0.5) is 22.7 Å². The summed E-state index contributed by atoms with van der Waals surface area (Å²) in [5, 5.41) is 19.0. The Morgan fingerprint density at radius 3 is 2.13 bits per heavy atom. The number of methoxy groups -OCH3 is 1. The Morgan fingerprint density at radius 2 is 1.38 bits per heavy atom. The third kappa shape index (κ3) is 14.2. The number of hydrogen-bond acceptors (Lipinski definition) is 16. The minimum Gasteiger partial charge on any atom is -0.490 e. The van der Waals surface area contributed by atoms with Crippen LogP contribution in [0.5, 0.6) is 17.2 Å². The van der Waals surface area contributed by atoms with Gasteiger partial charge in [-0.2, -0.15) is 0 Å². The molecule has 0 atom stereocenters. The fraction of sp³-hybridized carbons (Fsp3) is 0.420. The molecule has 0 bridgehead atoms. The van der Waals surface area contributed by atoms with Crippen LogP contribution in [0.3, 0.4) is 0 Å². The predicted molar refractivity (Wildman–Crippen MR) is 266 cm³/mol. The quantitative estimate of drug-likeness (QED) is 0.0154. The Kier molecular flexibility index (Phi) is 20.0. The van der Waals surface area contributed by atoms with E-state index in [2.05, 4.69) is 34.0 Å². The van der Waals surface area contributed by atoms with E-state index in [1.54, 1.807) is 19.4 Å². The van der Waals surface area contributed by atoms with Gasteiger partial charge in [-0.05, 0) is 93.4 Å². The lowest BCUT2D eigenvalue weighted by Gasteiger charge is -2.29. The van der Waals surface area contributed by atoms with Gasteiger partial charge < -0.3 is 63.1 Å². The zero-order valence-electron chi connectivity index (χ0n) is 39.7. The summed E-state index contributed by atoms with van der Waals surface area (Å²) >= 11 is 5.64. The van der Waals surface area contributed by atoms with Crippen LogP contribution in [0, 0.1) is 13.8 Å². The number of aliphatic hydroxyl groups excluding tert-OH is 1. The highest BCUT2D eigenvalue weighted by Crippen LogP contribution is 2.35. The molecule has 0 aliphatic heterocycles. The lowest BCUT2D eigenvalue weighted by Crippen LogP contribution is -2.34. The number of nitrogen functional groups attached to an aromatic ring is 1. The van der Waals surface area contributed by atoms with E-state index < -0.39 is 5.63 Å². The Bertz CT molecular complexity index is 2550. The molecule has 3 N–H and O–H groups in total. The minimum absolute atomic E-state index is 0.103. The number of aryl methyl sites for hydroxylation is 2. The maximum absolute atomic E-state index is 13.4. The molecule has 18 heteroatoms. The van der Waals surface area contributed by atoms with Crippen LogP contribution < -0.4 is 40.3 Å². The molecule has 0 unspecified atom stereocenters. The van der Waals surface area contributed by atoms with Crippen LogP contribution in [0.15, 0.2) is 94.3 Å². The number of ether oxygens (including phenoxy) is 7. The Morgan fingerprint density at radius 1 is 0.706 bits per heavy atom. The van der Waals surface area contributed by atoms with E-state index in [-0.39, 0.29) is 44.9 Å². The Hall–Kier alpha value is -6.08. The van der Waals surface area contributed by atoms with Crippen molar-refractivity contribution in [3.8, 4) is 34.2 Å². The van der Waals surface area contributed by atoms with E-state index in [1.165, 1.54) is 4.68 Å². The highest BCUT2D eigenvalue weighted by Gasteiger charge is 2.20. The molecule has 6 aromatic rings. The lowest BCUT2D eigenvalue weighted by molar-refractivity contribution is 0.0603. The van der Waals surface area contributed by atoms with Crippen molar-refractivity contribution in [1.82, 2.24) is 15.0 Å². The number of hydrogen-bond donors (Lipinski definition) is 2. The normalized spacial score (nSPS) is 11.3. The minimum atomic E-state index is -0.531. The summed E-state index contributed by atoms with van der Waals surface area (Å²) in [6.07, 6.45) is 1.70. The van der Waals surface area contributed by atoms with E-state index in [4.69, 9.17) is 54.9 Å². The molecule has 0 spiro atoms. The number of aliphatic hydroxyl groups is 1. The fourth-order valence-corrected chi connectivity index (χ4v) is 7.53. The van der Waals surface area contributed by atoms with Crippen molar-refractivity contribution in [1.29, 1.82) is 0 Å². The molecular formula is C50H64ClN7O10. The van der Waals surface area contributed by atoms with Gasteiger partial charge in [0.05, 0.1) is 76.0 Å². The van der Waals surface area contributed by atoms with Gasteiger partial charge in [0, 0.05) is 49.4 Å². The largest absolute Gasteiger partial charge is 0.490 e. The number of alkyl halides is 1. The van der Waals surface area contributed by atoms with E-state index in [1.807, 2.05) is 91.5 Å². The molecule has 2 heterocycles. The Labute approximate surface area is 402 Å². The zero-order chi connectivity index (χ0) is 48.3. The van der Waals surface area contributed by atoms with Crippen molar-refractivity contribution in [2.45, 2.75) is 27.7 Å². The molecule has 0 saturated carbocycles. The predicted octanol–water partition coefficient (Wildman–Crippen LogP) is 7.08. The van der Waals surface area contributed by atoms with Crippen LogP contribution in [-0.4, -0.2) is 132 Å². The summed E-state index contributed by atoms with van der Waals surface area (Å²) in [7, 11) is 1.62. The number of nitrogens with two attached hydrogens (primary N) is 1. The average Bonchev–Trinajstić information content (AvgIpc) is 3.83. The van der Waals surface area contributed by atoms with Crippen molar-refractivity contribution in [2.24, 2.45) is 0 Å². The molecule has 366 valence electrons. The van der Waals surface area contributed by atoms with Gasteiger partial charge in [-0.15, -0.1) is 5.10 Å². The fourth-order valence-electron chi connectivity index (χ4n) is 7.43. The Balaban J connectivity index is 1.27. The van der Waals surface area contributed by atoms with Gasteiger partial charge in [-0.25, -0.2) is 9.48 Å². The van der Waals surface area contributed by atoms with Crippen LogP contribution in [-0.2, 0) is 18.9 Å². The van der Waals surface area contributed by atoms with Crippen molar-refractivity contribution in [3.63, 3.8) is 0 Å². The van der Waals surface area contributed by atoms with E-state index in [0.717, 1.165) is 46.7 Å². The number of nitrogens with zero attached hydrogens (tertiary/aromatic N) is 6. The standard InChI is InChI=1S/C50H64ClN7O10/c1-6-55(7-2)40-12-10-39-30-45(50(60)68-46(39)32-40)58-33-42(53-54-58)38-11-15-43(49(31-38)67-27-24-61-5)56(17-21-65-47-28-36(3)8-13-41(47)52)18-22-66-48-29-37(4)9-14-44(48)57(35-64-23-19-59)16-20-62-25-26-63-34-51/h8-15,28-33,59H,6-7,16-27,34-35,52H2,1-5H3. The van der Waals surface area contributed by atoms with Gasteiger partial charge in [0.25, 0.3) is 0 Å². The van der Waals surface area contributed by atoms with E-state index in [0.29, 0.717) is 92.4 Å². The van der Waals surface area contributed by atoms with Crippen LogP contribution >= 0.6 is 11.6 Å². The summed E-state index contributed by atoms with van der Waals surface area (Å²) in [5.41, 5.74) is 12.9. The second-order valence-corrected chi connectivity index (χ2v) is 16.0. The lowest BCUT2D eigenvalue weighted by atomic mass is 10.1. The van der Waals surface area contributed by atoms with Crippen LogP contribution in [0.2, 0.25) is 0 Å². The first-order valence-electron chi connectivity index (χ1n) is 22.8. The van der Waals surface area contributed by atoms with Crippen molar-refractivity contribution in [2.75, 3.05) is 133 Å². The number of fused-ring (bicyclic) bond motifs is 1. The maximum Gasteiger partial charge on any atom is 0.362 e. The summed E-state index contributed by atoms with van der Waals surface area (Å²) in [5.74, 6) is 1.83. The molecule has 0 aliphatic carbocycles. The summed E-state index contributed by atoms with van der Waals surface area (Å²) in [6, 6.07) is 25.2. The average molecular weight is 959 g/mol. The van der Waals surface area contributed by atoms with Gasteiger partial charge in [0.1, 0.15) is 61.1 Å². The molecule has 0 radical (unpaired) electrons. The summed E-state index contributed by atoms with van der Waals surface area (Å²) in [6.45, 7) is 13.9. The summed E-state index contributed by atoms with van der Waals surface area (Å²) in [4.78, 5) is 19.7. The second kappa shape index (κ2) is 26.5. The number of anilines is 4. The molecule has 0 fully saturated rings. The SMILES string of the molecule is CCN(CC)c1ccc2cc(-n3cc(-c4ccc(N(CCOc5cc(C)ccc5N)CCOc5cc(C)ccc5N(CCOCCOCCl)COCCO)c(OCCOC)c4)nn3)c(=O)oc2c1. The highest BCUT2D eigenvalue weighted by atomic mass is 35.5. The van der Waals surface area contributed by atoms with Crippen LogP contribution in [0.25, 0.3) is 27.9 Å². The van der Waals surface area contributed by atoms with Crippen molar-refractivity contribution < 1.29 is 42.7 Å². The molecule has 0 amide bonds. The monoisotopic (exact) mass is 957 g/mol. The van der Waals surface area contributed by atoms with Gasteiger partial charge in [0.2, 0.25) is 0 Å². The maximum atomic E-state index is 13.4. The molecule has 4 aromatic carbocycles. The molecule has 17 nitrogen and oxygen atoms in total. The third-order valence-corrected chi connectivity index (χ3v) is 11.2. The van der Waals surface area contributed by atoms with Gasteiger partial charge >= 0.3 is 5.63 Å². The van der Waals surface area contributed by atoms with Gasteiger partial charge in [-0.3, -0.25) is 0 Å².